The maximum Gasteiger partial charge on any atom is 0.422 e. The average Bonchev–Trinajstić information content (AvgIpc) is 2.16. The molecule has 0 aromatic rings. The summed E-state index contributed by atoms with van der Waals surface area (Å²) in [6.07, 6.45) is -0.911. The first-order valence-corrected chi connectivity index (χ1v) is 4.88. The highest BCUT2D eigenvalue weighted by atomic mass is 19.4. The summed E-state index contributed by atoms with van der Waals surface area (Å²) in [5.74, 6) is -1.34. The number of halogens is 3. The first-order chi connectivity index (χ1) is 6.91. The summed E-state index contributed by atoms with van der Waals surface area (Å²) in [5.41, 5.74) is -1.42. The molecule has 1 rings (SSSR count). The second kappa shape index (κ2) is 4.68. The Morgan fingerprint density at radius 1 is 1.20 bits per heavy atom. The van der Waals surface area contributed by atoms with Crippen LogP contribution in [-0.4, -0.2) is 18.2 Å². The molecule has 0 aromatic carbocycles. The highest BCUT2D eigenvalue weighted by Crippen LogP contribution is 2.27. The smallest absolute Gasteiger partial charge is 0.422 e. The van der Waals surface area contributed by atoms with Crippen LogP contribution in [0.3, 0.4) is 0 Å². The number of esters is 1. The van der Waals surface area contributed by atoms with Gasteiger partial charge < -0.3 is 4.74 Å². The van der Waals surface area contributed by atoms with Gasteiger partial charge in [-0.05, 0) is 25.7 Å². The van der Waals surface area contributed by atoms with E-state index < -0.39 is 17.7 Å². The first-order valence-electron chi connectivity index (χ1n) is 4.88. The average molecular weight is 222 g/mol. The van der Waals surface area contributed by atoms with Gasteiger partial charge in [0.05, 0.1) is 0 Å². The summed E-state index contributed by atoms with van der Waals surface area (Å²) in [6, 6.07) is 0. The van der Waals surface area contributed by atoms with Gasteiger partial charge in [-0.2, -0.15) is 13.2 Å². The minimum atomic E-state index is -4.69. The van der Waals surface area contributed by atoms with Crippen LogP contribution in [0.15, 0.2) is 12.2 Å². The normalized spacial score (nSPS) is 18.6. The van der Waals surface area contributed by atoms with Gasteiger partial charge in [-0.1, -0.05) is 13.0 Å². The molecule has 86 valence electrons. The van der Waals surface area contributed by atoms with Crippen LogP contribution in [0, 0.1) is 0 Å². The van der Waals surface area contributed by atoms with E-state index in [1.54, 1.807) is 0 Å². The number of carbonyl (C=O) groups excluding carboxylic acids is 1. The molecule has 0 N–H and O–H groups in total. The predicted octanol–water partition coefficient (Wildman–Crippen LogP) is 2.98. The van der Waals surface area contributed by atoms with Gasteiger partial charge in [0, 0.05) is 0 Å². The summed E-state index contributed by atoms with van der Waals surface area (Å²) < 4.78 is 40.9. The molecule has 15 heavy (non-hydrogen) atoms. The van der Waals surface area contributed by atoms with Gasteiger partial charge >= 0.3 is 12.1 Å². The lowest BCUT2D eigenvalue weighted by atomic mass is 9.98. The topological polar surface area (TPSA) is 26.3 Å². The maximum absolute atomic E-state index is 12.1. The molecule has 0 spiro atoms. The molecule has 1 aliphatic carbocycles. The molecular formula is C10H13F3O2. The third-order valence-electron chi connectivity index (χ3n) is 2.41. The van der Waals surface area contributed by atoms with Gasteiger partial charge in [-0.25, -0.2) is 4.79 Å². The molecule has 0 radical (unpaired) electrons. The highest BCUT2D eigenvalue weighted by molar-refractivity contribution is 5.89. The van der Waals surface area contributed by atoms with Crippen molar-refractivity contribution in [1.82, 2.24) is 0 Å². The van der Waals surface area contributed by atoms with Gasteiger partial charge in [0.25, 0.3) is 0 Å². The standard InChI is InChI=1S/C10H13F3O2/c1-7(10(11,12)13)9(14)15-8-5-3-2-4-6-8/h8H,1-6H2. The van der Waals surface area contributed by atoms with E-state index in [9.17, 15) is 18.0 Å². The van der Waals surface area contributed by atoms with Crippen LogP contribution in [0.25, 0.3) is 0 Å². The third-order valence-corrected chi connectivity index (χ3v) is 2.41. The Morgan fingerprint density at radius 3 is 2.20 bits per heavy atom. The van der Waals surface area contributed by atoms with E-state index in [1.807, 2.05) is 0 Å². The number of alkyl halides is 3. The van der Waals surface area contributed by atoms with Gasteiger partial charge in [0.15, 0.2) is 0 Å². The van der Waals surface area contributed by atoms with E-state index in [2.05, 4.69) is 6.58 Å². The van der Waals surface area contributed by atoms with E-state index in [1.165, 1.54) is 0 Å². The Morgan fingerprint density at radius 2 is 1.73 bits per heavy atom. The van der Waals surface area contributed by atoms with Crippen molar-refractivity contribution >= 4 is 5.97 Å². The van der Waals surface area contributed by atoms with Gasteiger partial charge in [0.1, 0.15) is 11.7 Å². The summed E-state index contributed by atoms with van der Waals surface area (Å²) in [4.78, 5) is 11.0. The third kappa shape index (κ3) is 3.57. The predicted molar refractivity (Wildman–Crippen MR) is 48.2 cm³/mol. The van der Waals surface area contributed by atoms with E-state index >= 15 is 0 Å². The molecule has 0 aliphatic heterocycles. The molecule has 5 heteroatoms. The molecule has 0 bridgehead atoms. The zero-order valence-corrected chi connectivity index (χ0v) is 8.27. The molecule has 0 aromatic heterocycles. The van der Waals surface area contributed by atoms with E-state index in [0.29, 0.717) is 12.8 Å². The largest absolute Gasteiger partial charge is 0.459 e. The molecule has 0 saturated heterocycles. The summed E-state index contributed by atoms with van der Waals surface area (Å²) in [5, 5.41) is 0. The van der Waals surface area contributed by atoms with Gasteiger partial charge in [0.2, 0.25) is 0 Å². The van der Waals surface area contributed by atoms with Crippen molar-refractivity contribution in [2.24, 2.45) is 0 Å². The van der Waals surface area contributed by atoms with Gasteiger partial charge in [-0.15, -0.1) is 0 Å². The van der Waals surface area contributed by atoms with Crippen LogP contribution >= 0.6 is 0 Å². The highest BCUT2D eigenvalue weighted by Gasteiger charge is 2.38. The molecule has 1 aliphatic rings. The molecule has 0 heterocycles. The van der Waals surface area contributed by atoms with E-state index in [0.717, 1.165) is 19.3 Å². The van der Waals surface area contributed by atoms with Crippen molar-refractivity contribution < 1.29 is 22.7 Å². The second-order valence-corrected chi connectivity index (χ2v) is 3.64. The second-order valence-electron chi connectivity index (χ2n) is 3.64. The van der Waals surface area contributed by atoms with Crippen molar-refractivity contribution in [2.45, 2.75) is 44.4 Å². The maximum atomic E-state index is 12.1. The van der Waals surface area contributed by atoms with Crippen LogP contribution < -0.4 is 0 Å². The molecule has 1 fully saturated rings. The van der Waals surface area contributed by atoms with Crippen molar-refractivity contribution in [2.75, 3.05) is 0 Å². The Bertz CT molecular complexity index is 252. The first kappa shape index (κ1) is 12.1. The van der Waals surface area contributed by atoms with Crippen molar-refractivity contribution in [3.05, 3.63) is 12.2 Å². The lowest BCUT2D eigenvalue weighted by molar-refractivity contribution is -0.156. The van der Waals surface area contributed by atoms with Crippen LogP contribution in [0.2, 0.25) is 0 Å². The summed E-state index contributed by atoms with van der Waals surface area (Å²) >= 11 is 0. The SMILES string of the molecule is C=C(C(=O)OC1CCCCC1)C(F)(F)F. The Kier molecular flexibility index (Phi) is 3.77. The van der Waals surface area contributed by atoms with Crippen LogP contribution in [0.4, 0.5) is 13.2 Å². The van der Waals surface area contributed by atoms with E-state index in [4.69, 9.17) is 4.74 Å². The monoisotopic (exact) mass is 222 g/mol. The molecule has 0 amide bonds. The Balaban J connectivity index is 2.44. The molecule has 0 unspecified atom stereocenters. The van der Waals surface area contributed by atoms with Crippen molar-refractivity contribution in [3.8, 4) is 0 Å². The lowest BCUT2D eigenvalue weighted by Gasteiger charge is -2.22. The molecule has 0 atom stereocenters. The molecular weight excluding hydrogens is 209 g/mol. The fourth-order valence-corrected chi connectivity index (χ4v) is 1.52. The van der Waals surface area contributed by atoms with Crippen LogP contribution in [-0.2, 0) is 9.53 Å². The zero-order valence-electron chi connectivity index (χ0n) is 8.27. The number of carbonyl (C=O) groups is 1. The van der Waals surface area contributed by atoms with Gasteiger partial charge in [-0.3, -0.25) is 0 Å². The summed E-state index contributed by atoms with van der Waals surface area (Å²) in [7, 11) is 0. The Labute approximate surface area is 86.1 Å². The summed E-state index contributed by atoms with van der Waals surface area (Å²) in [6.45, 7) is 2.69. The van der Waals surface area contributed by atoms with Crippen LogP contribution in [0.5, 0.6) is 0 Å². The lowest BCUT2D eigenvalue weighted by Crippen LogP contribution is -2.26. The minimum absolute atomic E-state index is 0.370. The van der Waals surface area contributed by atoms with Crippen molar-refractivity contribution in [3.63, 3.8) is 0 Å². The number of rotatable bonds is 2. The zero-order chi connectivity index (χ0) is 11.5. The fourth-order valence-electron chi connectivity index (χ4n) is 1.52. The minimum Gasteiger partial charge on any atom is -0.459 e. The van der Waals surface area contributed by atoms with Crippen LogP contribution in [0.1, 0.15) is 32.1 Å². The molecule has 1 saturated carbocycles. The molecule has 2 nitrogen and oxygen atoms in total. The van der Waals surface area contributed by atoms with Crippen molar-refractivity contribution in [1.29, 1.82) is 0 Å². The number of hydrogen-bond acceptors (Lipinski definition) is 2. The fraction of sp³-hybridized carbons (Fsp3) is 0.700. The number of hydrogen-bond donors (Lipinski definition) is 0. The number of ether oxygens (including phenoxy) is 1. The quantitative estimate of drug-likeness (QED) is 0.530. The van der Waals surface area contributed by atoms with E-state index in [-0.39, 0.29) is 6.10 Å². The Hall–Kier alpha value is -1.00.